The van der Waals surface area contributed by atoms with Gasteiger partial charge < -0.3 is 39.2 Å². The van der Waals surface area contributed by atoms with E-state index in [1.807, 2.05) is 39.8 Å². The lowest BCUT2D eigenvalue weighted by atomic mass is 9.82. The molecule has 3 fully saturated rings. The monoisotopic (exact) mass is 771 g/mol. The molecule has 3 aliphatic heterocycles. The maximum Gasteiger partial charge on any atom is 0.329 e. The highest BCUT2D eigenvalue weighted by atomic mass is 16.7. The minimum atomic E-state index is -2.56. The van der Waals surface area contributed by atoms with Crippen LogP contribution in [0.3, 0.4) is 0 Å². The lowest BCUT2D eigenvalue weighted by molar-refractivity contribution is -0.301. The average Bonchev–Trinajstić information content (AvgIpc) is 3.15. The zero-order chi connectivity index (χ0) is 40.6. The number of rotatable bonds is 6. The van der Waals surface area contributed by atoms with Crippen molar-refractivity contribution in [1.82, 2.24) is 4.90 Å². The number of carbonyl (C=O) groups is 4. The molecule has 0 aromatic heterocycles. The number of cyclic esters (lactones) is 1. The van der Waals surface area contributed by atoms with Gasteiger partial charge in [0.1, 0.15) is 18.2 Å². The Hall–Kier alpha value is -3.00. The Morgan fingerprint density at radius 3 is 2.38 bits per heavy atom. The zero-order valence-corrected chi connectivity index (χ0v) is 33.9. The fourth-order valence-electron chi connectivity index (χ4n) is 8.92. The molecule has 0 unspecified atom stereocenters. The Bertz CT molecular complexity index is 1470. The van der Waals surface area contributed by atoms with Gasteiger partial charge in [0, 0.05) is 38.5 Å². The summed E-state index contributed by atoms with van der Waals surface area (Å²) in [6.45, 7) is 13.2. The number of piperidine rings is 1. The standard InChI is InChI=1S/C43H65NO11/c1-9-12-31-20-25(2)19-26(3)21-35(47)39-37(53-8)23-29(6)43(51,55-39)40(48)41(49)44-18-11-10-13-32(44)42(50)54-38(27(4)14-16-33(31)45)28(5)22-30-15-17-34(46)36(24-30)52-7/h9,14,16,20,22,26-27,29-32,34-39,46-47,51H,1,10-13,15,17-19,21,23-24H2,2-8H3/b16-14+,25-20+,28-22+/t26-,27+,29+,30-,31+,32-,34+,35-,36+,37-,38-,39+,43+/m0/s1. The molecule has 308 valence electrons. The second-order valence-corrected chi connectivity index (χ2v) is 16.6. The van der Waals surface area contributed by atoms with Gasteiger partial charge >= 0.3 is 5.97 Å². The highest BCUT2D eigenvalue weighted by molar-refractivity contribution is 6.39. The fourth-order valence-corrected chi connectivity index (χ4v) is 8.92. The summed E-state index contributed by atoms with van der Waals surface area (Å²) in [6.07, 6.45) is 8.94. The Morgan fingerprint density at radius 2 is 1.71 bits per heavy atom. The highest BCUT2D eigenvalue weighted by Gasteiger charge is 2.56. The van der Waals surface area contributed by atoms with Crippen molar-refractivity contribution in [2.75, 3.05) is 20.8 Å². The molecule has 12 heteroatoms. The first-order valence-corrected chi connectivity index (χ1v) is 20.1. The van der Waals surface area contributed by atoms with Gasteiger partial charge in [-0.15, -0.1) is 6.58 Å². The molecule has 0 aromatic carbocycles. The third kappa shape index (κ3) is 10.9. The fraction of sp³-hybridized carbons (Fsp3) is 0.721. The Balaban J connectivity index is 1.76. The van der Waals surface area contributed by atoms with Crippen LogP contribution < -0.4 is 0 Å². The van der Waals surface area contributed by atoms with E-state index in [4.69, 9.17) is 18.9 Å². The van der Waals surface area contributed by atoms with Crippen LogP contribution in [0.25, 0.3) is 0 Å². The molecule has 0 aromatic rings. The van der Waals surface area contributed by atoms with E-state index >= 15 is 0 Å². The van der Waals surface area contributed by atoms with Crippen molar-refractivity contribution in [1.29, 1.82) is 0 Å². The molecule has 55 heavy (non-hydrogen) atoms. The molecule has 1 aliphatic carbocycles. The number of nitrogens with zero attached hydrogens (tertiary/aromatic N) is 1. The molecule has 1 saturated carbocycles. The minimum Gasteiger partial charge on any atom is -0.456 e. The molecule has 2 bridgehead atoms. The number of hydrogen-bond acceptors (Lipinski definition) is 11. The number of fused-ring (bicyclic) bond motifs is 3. The van der Waals surface area contributed by atoms with Crippen molar-refractivity contribution in [2.45, 2.75) is 147 Å². The Kier molecular flexibility index (Phi) is 16.2. The summed E-state index contributed by atoms with van der Waals surface area (Å²) in [5.74, 6) is -7.48. The smallest absolute Gasteiger partial charge is 0.329 e. The van der Waals surface area contributed by atoms with Crippen LogP contribution >= 0.6 is 0 Å². The van der Waals surface area contributed by atoms with Gasteiger partial charge in [0.15, 0.2) is 5.78 Å². The van der Waals surface area contributed by atoms with Gasteiger partial charge in [0.25, 0.3) is 11.7 Å². The lowest BCUT2D eigenvalue weighted by Crippen LogP contribution is -2.64. The van der Waals surface area contributed by atoms with Gasteiger partial charge in [-0.3, -0.25) is 14.4 Å². The van der Waals surface area contributed by atoms with Crippen LogP contribution in [0.5, 0.6) is 0 Å². The number of esters is 1. The first-order valence-electron chi connectivity index (χ1n) is 20.1. The quantitative estimate of drug-likeness (QED) is 0.193. The topological polar surface area (TPSA) is 169 Å². The maximum atomic E-state index is 14.2. The van der Waals surface area contributed by atoms with Crippen molar-refractivity contribution in [3.63, 3.8) is 0 Å². The SMILES string of the molecule is C=CC[C@@H]1/C=C(\C)C[C@H](C)C[C@H](O)[C@H]2O[C@@](O)(C(=O)C(=O)N3CCCC[C@H]3C(=O)O[C@H](/C(C)=C/[C@@H]3CC[C@@H](O)[C@H](OC)C3)[C@H](C)/C=C/C1=O)[C@H](C)C[C@@H]2OC. The summed E-state index contributed by atoms with van der Waals surface area (Å²) in [6, 6.07) is -1.10. The average molecular weight is 772 g/mol. The third-order valence-corrected chi connectivity index (χ3v) is 12.1. The first-order chi connectivity index (χ1) is 26.0. The molecular weight excluding hydrogens is 706 g/mol. The summed E-state index contributed by atoms with van der Waals surface area (Å²) in [7, 11) is 3.04. The molecule has 4 aliphatic rings. The van der Waals surface area contributed by atoms with Crippen molar-refractivity contribution >= 4 is 23.4 Å². The molecular formula is C43H65NO11. The molecule has 2 saturated heterocycles. The van der Waals surface area contributed by atoms with Crippen LogP contribution in [0.15, 0.2) is 48.1 Å². The number of ketones is 2. The van der Waals surface area contributed by atoms with Gasteiger partial charge in [-0.25, -0.2) is 4.79 Å². The van der Waals surface area contributed by atoms with E-state index in [-0.39, 0.29) is 49.5 Å². The summed E-state index contributed by atoms with van der Waals surface area (Å²) in [5, 5.41) is 33.7. The molecule has 3 heterocycles. The van der Waals surface area contributed by atoms with Crippen LogP contribution in [-0.2, 0) is 38.1 Å². The van der Waals surface area contributed by atoms with E-state index in [0.717, 1.165) is 11.1 Å². The van der Waals surface area contributed by atoms with E-state index in [1.165, 1.54) is 18.1 Å². The largest absolute Gasteiger partial charge is 0.456 e. The summed E-state index contributed by atoms with van der Waals surface area (Å²) in [4.78, 5) is 57.2. The highest BCUT2D eigenvalue weighted by Crippen LogP contribution is 2.38. The van der Waals surface area contributed by atoms with Crippen LogP contribution in [0, 0.1) is 29.6 Å². The number of hydrogen-bond donors (Lipinski definition) is 3. The van der Waals surface area contributed by atoms with Gasteiger partial charge in [0.2, 0.25) is 5.79 Å². The van der Waals surface area contributed by atoms with E-state index in [9.17, 15) is 34.5 Å². The predicted molar refractivity (Wildman–Crippen MR) is 206 cm³/mol. The summed E-state index contributed by atoms with van der Waals surface area (Å²) < 4.78 is 23.5. The second kappa shape index (κ2) is 19.9. The molecule has 0 radical (unpaired) electrons. The number of aliphatic hydroxyl groups is 3. The van der Waals surface area contributed by atoms with Gasteiger partial charge in [-0.2, -0.15) is 0 Å². The van der Waals surface area contributed by atoms with E-state index in [0.29, 0.717) is 44.9 Å². The van der Waals surface area contributed by atoms with Gasteiger partial charge in [0.05, 0.1) is 24.4 Å². The van der Waals surface area contributed by atoms with Crippen LogP contribution in [0.4, 0.5) is 0 Å². The predicted octanol–water partition coefficient (Wildman–Crippen LogP) is 4.79. The zero-order valence-electron chi connectivity index (χ0n) is 33.9. The van der Waals surface area contributed by atoms with E-state index in [2.05, 4.69) is 6.58 Å². The first kappa shape index (κ1) is 44.7. The molecule has 0 spiro atoms. The molecule has 3 N–H and O–H groups in total. The number of amides is 1. The second-order valence-electron chi connectivity index (χ2n) is 16.6. The third-order valence-electron chi connectivity index (χ3n) is 12.1. The molecule has 1 amide bonds. The number of Topliss-reactive ketones (excluding diaryl/α,β-unsaturated/α-hetero) is 1. The van der Waals surface area contributed by atoms with Crippen molar-refractivity contribution in [2.24, 2.45) is 29.6 Å². The molecule has 13 atom stereocenters. The number of ether oxygens (including phenoxy) is 4. The van der Waals surface area contributed by atoms with Gasteiger partial charge in [-0.05, 0) is 102 Å². The summed E-state index contributed by atoms with van der Waals surface area (Å²) >= 11 is 0. The molecule has 12 nitrogen and oxygen atoms in total. The molecule has 4 rings (SSSR count). The minimum absolute atomic E-state index is 0.0473. The van der Waals surface area contributed by atoms with Crippen molar-refractivity contribution in [3.05, 3.63) is 48.1 Å². The van der Waals surface area contributed by atoms with Crippen LogP contribution in [-0.4, -0.2) is 113 Å². The van der Waals surface area contributed by atoms with Crippen LogP contribution in [0.2, 0.25) is 0 Å². The lowest BCUT2D eigenvalue weighted by Gasteiger charge is -2.46. The number of carbonyl (C=O) groups excluding carboxylic acids is 4. The van der Waals surface area contributed by atoms with Crippen molar-refractivity contribution in [3.8, 4) is 0 Å². The van der Waals surface area contributed by atoms with Gasteiger partial charge in [-0.1, -0.05) is 50.6 Å². The van der Waals surface area contributed by atoms with E-state index in [1.54, 1.807) is 26.2 Å². The number of allylic oxidation sites excluding steroid dienone is 5. The number of aliphatic hydroxyl groups excluding tert-OH is 2. The Labute approximate surface area is 327 Å². The van der Waals surface area contributed by atoms with E-state index < -0.39 is 77.8 Å². The van der Waals surface area contributed by atoms with Crippen molar-refractivity contribution < 1.29 is 53.4 Å². The Morgan fingerprint density at radius 1 is 1.00 bits per heavy atom. The normalized spacial score (nSPS) is 40.9. The maximum absolute atomic E-state index is 14.2. The number of methoxy groups -OCH3 is 2. The van der Waals surface area contributed by atoms with Crippen LogP contribution in [0.1, 0.15) is 98.8 Å². The summed E-state index contributed by atoms with van der Waals surface area (Å²) in [5.41, 5.74) is 1.70.